The second-order valence-electron chi connectivity index (χ2n) is 5.62. The summed E-state index contributed by atoms with van der Waals surface area (Å²) in [5.41, 5.74) is 0.885. The third-order valence-electron chi connectivity index (χ3n) is 3.91. The fourth-order valence-electron chi connectivity index (χ4n) is 2.55. The third-order valence-corrected chi connectivity index (χ3v) is 4.20. The van der Waals surface area contributed by atoms with E-state index < -0.39 is 5.91 Å². The van der Waals surface area contributed by atoms with Gasteiger partial charge in [-0.05, 0) is 30.3 Å². The Hall–Kier alpha value is -2.64. The maximum atomic E-state index is 12.5. The second kappa shape index (κ2) is 8.16. The minimum Gasteiger partial charge on any atom is -0.495 e. The number of pyridine rings is 1. The van der Waals surface area contributed by atoms with Crippen LogP contribution in [0, 0.1) is 0 Å². The Morgan fingerprint density at radius 3 is 2.62 bits per heavy atom. The first-order valence-corrected chi connectivity index (χ1v) is 8.45. The number of anilines is 1. The van der Waals surface area contributed by atoms with Gasteiger partial charge in [0.2, 0.25) is 0 Å². The lowest BCUT2D eigenvalue weighted by atomic mass is 10.2. The fraction of sp³-hybridized carbons (Fsp3) is 0.278. The van der Waals surface area contributed by atoms with Crippen molar-refractivity contribution < 1.29 is 19.1 Å². The summed E-state index contributed by atoms with van der Waals surface area (Å²) in [6.07, 6.45) is 0. The molecule has 0 radical (unpaired) electrons. The molecule has 7 nitrogen and oxygen atoms in total. The smallest absolute Gasteiger partial charge is 0.274 e. The van der Waals surface area contributed by atoms with Gasteiger partial charge < -0.3 is 19.7 Å². The molecule has 0 unspecified atom stereocenters. The first-order chi connectivity index (χ1) is 12.6. The summed E-state index contributed by atoms with van der Waals surface area (Å²) in [5, 5.41) is 3.09. The number of hydrogen-bond acceptors (Lipinski definition) is 5. The number of ether oxygens (including phenoxy) is 2. The highest BCUT2D eigenvalue weighted by Crippen LogP contribution is 2.27. The minimum atomic E-state index is -0.428. The van der Waals surface area contributed by atoms with Crippen LogP contribution >= 0.6 is 11.6 Å². The van der Waals surface area contributed by atoms with Crippen LogP contribution in [0.5, 0.6) is 5.75 Å². The van der Waals surface area contributed by atoms with Crippen molar-refractivity contribution in [3.05, 3.63) is 52.8 Å². The summed E-state index contributed by atoms with van der Waals surface area (Å²) in [7, 11) is 1.51. The maximum Gasteiger partial charge on any atom is 0.274 e. The Labute approximate surface area is 155 Å². The predicted molar refractivity (Wildman–Crippen MR) is 96.9 cm³/mol. The largest absolute Gasteiger partial charge is 0.495 e. The van der Waals surface area contributed by atoms with Crippen molar-refractivity contribution in [3.8, 4) is 5.75 Å². The number of morpholine rings is 1. The maximum absolute atomic E-state index is 12.5. The van der Waals surface area contributed by atoms with Crippen LogP contribution in [0.15, 0.2) is 36.4 Å². The number of benzene rings is 1. The van der Waals surface area contributed by atoms with Crippen LogP contribution in [0.3, 0.4) is 0 Å². The van der Waals surface area contributed by atoms with Crippen molar-refractivity contribution >= 4 is 29.1 Å². The molecular weight excluding hydrogens is 358 g/mol. The first kappa shape index (κ1) is 18.2. The van der Waals surface area contributed by atoms with Gasteiger partial charge in [-0.3, -0.25) is 9.59 Å². The lowest BCUT2D eigenvalue weighted by Crippen LogP contribution is -2.41. The highest BCUT2D eigenvalue weighted by atomic mass is 35.5. The van der Waals surface area contributed by atoms with Crippen molar-refractivity contribution in [3.63, 3.8) is 0 Å². The number of carbonyl (C=O) groups excluding carboxylic acids is 2. The summed E-state index contributed by atoms with van der Waals surface area (Å²) in [6.45, 7) is 2.04. The molecule has 0 spiro atoms. The molecule has 0 atom stereocenters. The Morgan fingerprint density at radius 1 is 1.19 bits per heavy atom. The zero-order valence-corrected chi connectivity index (χ0v) is 15.0. The molecule has 1 aromatic carbocycles. The Balaban J connectivity index is 1.73. The van der Waals surface area contributed by atoms with Crippen LogP contribution < -0.4 is 10.1 Å². The zero-order valence-electron chi connectivity index (χ0n) is 14.2. The van der Waals surface area contributed by atoms with Crippen LogP contribution in [0.2, 0.25) is 5.02 Å². The van der Waals surface area contributed by atoms with E-state index in [0.717, 1.165) is 0 Å². The molecule has 0 saturated carbocycles. The van der Waals surface area contributed by atoms with E-state index in [1.165, 1.54) is 7.11 Å². The van der Waals surface area contributed by atoms with Gasteiger partial charge in [0, 0.05) is 18.8 Å². The highest BCUT2D eigenvalue weighted by molar-refractivity contribution is 6.32. The summed E-state index contributed by atoms with van der Waals surface area (Å²) in [6, 6.07) is 9.70. The van der Waals surface area contributed by atoms with Gasteiger partial charge in [-0.2, -0.15) is 0 Å². The van der Waals surface area contributed by atoms with Gasteiger partial charge in [0.15, 0.2) is 0 Å². The number of rotatable bonds is 4. The number of aromatic nitrogens is 1. The second-order valence-corrected chi connectivity index (χ2v) is 6.02. The van der Waals surface area contributed by atoms with Crippen molar-refractivity contribution in [2.45, 2.75) is 0 Å². The molecule has 136 valence electrons. The molecule has 8 heteroatoms. The Morgan fingerprint density at radius 2 is 1.92 bits per heavy atom. The molecule has 2 heterocycles. The average molecular weight is 376 g/mol. The van der Waals surface area contributed by atoms with E-state index in [0.29, 0.717) is 42.8 Å². The van der Waals surface area contributed by atoms with E-state index >= 15 is 0 Å². The Kier molecular flexibility index (Phi) is 5.70. The van der Waals surface area contributed by atoms with Crippen LogP contribution in [0.25, 0.3) is 0 Å². The number of nitrogens with zero attached hydrogens (tertiary/aromatic N) is 2. The van der Waals surface area contributed by atoms with E-state index in [1.807, 2.05) is 0 Å². The topological polar surface area (TPSA) is 80.8 Å². The summed E-state index contributed by atoms with van der Waals surface area (Å²) in [5.74, 6) is -0.126. The fourth-order valence-corrected chi connectivity index (χ4v) is 2.81. The molecule has 3 rings (SSSR count). The number of nitrogens with one attached hydrogen (secondary N) is 1. The van der Waals surface area contributed by atoms with Crippen molar-refractivity contribution in [2.24, 2.45) is 0 Å². The molecule has 0 aliphatic carbocycles. The minimum absolute atomic E-state index is 0.149. The monoisotopic (exact) mass is 375 g/mol. The molecule has 1 aliphatic heterocycles. The van der Waals surface area contributed by atoms with E-state index in [1.54, 1.807) is 41.3 Å². The molecule has 2 aromatic rings. The van der Waals surface area contributed by atoms with E-state index in [4.69, 9.17) is 21.1 Å². The van der Waals surface area contributed by atoms with Gasteiger partial charge in [-0.1, -0.05) is 17.7 Å². The standard InChI is InChI=1S/C18H18ClN3O4/c1-25-16-6-5-12(11-13(16)19)20-17(23)14-3-2-4-15(21-14)18(24)22-7-9-26-10-8-22/h2-6,11H,7-10H2,1H3,(H,20,23). The van der Waals surface area contributed by atoms with Crippen LogP contribution in [0.1, 0.15) is 21.0 Å². The number of amides is 2. The van der Waals surface area contributed by atoms with Gasteiger partial charge in [0.1, 0.15) is 17.1 Å². The number of halogens is 1. The quantitative estimate of drug-likeness (QED) is 0.887. The van der Waals surface area contributed by atoms with Crippen LogP contribution in [-0.4, -0.2) is 55.1 Å². The molecule has 1 fully saturated rings. The molecule has 26 heavy (non-hydrogen) atoms. The SMILES string of the molecule is COc1ccc(NC(=O)c2cccc(C(=O)N3CCOCC3)n2)cc1Cl. The van der Waals surface area contributed by atoms with Gasteiger partial charge in [0.25, 0.3) is 11.8 Å². The molecule has 1 saturated heterocycles. The van der Waals surface area contributed by atoms with Gasteiger partial charge in [-0.25, -0.2) is 4.98 Å². The molecule has 1 N–H and O–H groups in total. The van der Waals surface area contributed by atoms with Gasteiger partial charge >= 0.3 is 0 Å². The van der Waals surface area contributed by atoms with Gasteiger partial charge in [0.05, 0.1) is 25.3 Å². The summed E-state index contributed by atoms with van der Waals surface area (Å²) in [4.78, 5) is 30.8. The first-order valence-electron chi connectivity index (χ1n) is 8.07. The average Bonchev–Trinajstić information content (AvgIpc) is 2.68. The lowest BCUT2D eigenvalue weighted by molar-refractivity contribution is 0.0299. The number of carbonyl (C=O) groups is 2. The lowest BCUT2D eigenvalue weighted by Gasteiger charge is -2.26. The summed E-state index contributed by atoms with van der Waals surface area (Å²) < 4.78 is 10.3. The normalized spacial score (nSPS) is 14.0. The highest BCUT2D eigenvalue weighted by Gasteiger charge is 2.20. The predicted octanol–water partition coefficient (Wildman–Crippen LogP) is 2.47. The van der Waals surface area contributed by atoms with Crippen LogP contribution in [0.4, 0.5) is 5.69 Å². The molecule has 0 bridgehead atoms. The van der Waals surface area contributed by atoms with E-state index in [9.17, 15) is 9.59 Å². The van der Waals surface area contributed by atoms with Crippen LogP contribution in [-0.2, 0) is 4.74 Å². The number of hydrogen-bond donors (Lipinski definition) is 1. The Bertz CT molecular complexity index is 822. The summed E-state index contributed by atoms with van der Waals surface area (Å²) >= 11 is 6.06. The number of methoxy groups -OCH3 is 1. The van der Waals surface area contributed by atoms with E-state index in [2.05, 4.69) is 10.3 Å². The molecule has 2 amide bonds. The molecule has 1 aromatic heterocycles. The van der Waals surface area contributed by atoms with Crippen molar-refractivity contribution in [2.75, 3.05) is 38.7 Å². The van der Waals surface area contributed by atoms with Gasteiger partial charge in [-0.15, -0.1) is 0 Å². The van der Waals surface area contributed by atoms with Crippen molar-refractivity contribution in [1.29, 1.82) is 0 Å². The zero-order chi connectivity index (χ0) is 18.5. The van der Waals surface area contributed by atoms with Crippen molar-refractivity contribution in [1.82, 2.24) is 9.88 Å². The molecule has 1 aliphatic rings. The third kappa shape index (κ3) is 4.12. The molecular formula is C18H18ClN3O4. The van der Waals surface area contributed by atoms with E-state index in [-0.39, 0.29) is 17.3 Å².